The van der Waals surface area contributed by atoms with Crippen molar-refractivity contribution in [2.24, 2.45) is 5.73 Å². The topological polar surface area (TPSA) is 56.7 Å². The van der Waals surface area contributed by atoms with Crippen molar-refractivity contribution in [2.45, 2.75) is 13.0 Å². The van der Waals surface area contributed by atoms with Crippen LogP contribution in [0.1, 0.15) is 17.0 Å². The molecule has 0 bridgehead atoms. The van der Waals surface area contributed by atoms with E-state index in [-0.39, 0.29) is 0 Å². The second kappa shape index (κ2) is 6.08. The third-order valence-corrected chi connectivity index (χ3v) is 3.54. The molecule has 0 aliphatic heterocycles. The molecule has 5 heteroatoms. The molecule has 0 fully saturated rings. The highest BCUT2D eigenvalue weighted by Gasteiger charge is 2.13. The molecule has 1 heterocycles. The molecule has 0 saturated heterocycles. The van der Waals surface area contributed by atoms with Crippen molar-refractivity contribution >= 4 is 11.6 Å². The fraction of sp³-hybridized carbons (Fsp3) is 0.125. The van der Waals surface area contributed by atoms with Gasteiger partial charge in [-0.05, 0) is 23.8 Å². The molecule has 0 amide bonds. The van der Waals surface area contributed by atoms with Gasteiger partial charge in [0.25, 0.3) is 0 Å². The van der Waals surface area contributed by atoms with Gasteiger partial charge in [-0.1, -0.05) is 53.2 Å². The molecule has 0 unspecified atom stereocenters. The van der Waals surface area contributed by atoms with E-state index in [0.29, 0.717) is 11.6 Å². The second-order valence-electron chi connectivity index (χ2n) is 4.74. The number of halogens is 1. The molecule has 0 spiro atoms. The lowest BCUT2D eigenvalue weighted by Crippen LogP contribution is -2.07. The zero-order valence-electron chi connectivity index (χ0n) is 11.4. The standard InChI is InChI=1S/C16H15ClN4/c17-13-7-4-8-14(10-13)21-16(15(11-18)19-20-21)9-12-5-2-1-3-6-12/h1-8,10H,9,11,18H2. The Hall–Kier alpha value is -2.17. The van der Waals surface area contributed by atoms with E-state index < -0.39 is 0 Å². The Morgan fingerprint density at radius 3 is 2.57 bits per heavy atom. The molecule has 106 valence electrons. The van der Waals surface area contributed by atoms with Gasteiger partial charge < -0.3 is 5.73 Å². The molecular formula is C16H15ClN4. The van der Waals surface area contributed by atoms with Gasteiger partial charge in [0, 0.05) is 18.0 Å². The molecule has 2 aromatic carbocycles. The monoisotopic (exact) mass is 298 g/mol. The van der Waals surface area contributed by atoms with Gasteiger partial charge in [-0.2, -0.15) is 0 Å². The van der Waals surface area contributed by atoms with E-state index in [1.165, 1.54) is 5.56 Å². The predicted octanol–water partition coefficient (Wildman–Crippen LogP) is 2.97. The first-order chi connectivity index (χ1) is 10.3. The average Bonchev–Trinajstić information content (AvgIpc) is 2.91. The third kappa shape index (κ3) is 2.96. The number of hydrogen-bond acceptors (Lipinski definition) is 3. The van der Waals surface area contributed by atoms with Crippen LogP contribution in [0, 0.1) is 0 Å². The molecule has 3 aromatic rings. The number of nitrogens with zero attached hydrogens (tertiary/aromatic N) is 3. The van der Waals surface area contributed by atoms with Crippen LogP contribution in [-0.2, 0) is 13.0 Å². The summed E-state index contributed by atoms with van der Waals surface area (Å²) in [5.74, 6) is 0. The predicted molar refractivity (Wildman–Crippen MR) is 83.5 cm³/mol. The lowest BCUT2D eigenvalue weighted by atomic mass is 10.1. The van der Waals surface area contributed by atoms with Gasteiger partial charge in [-0.25, -0.2) is 4.68 Å². The van der Waals surface area contributed by atoms with Gasteiger partial charge in [0.1, 0.15) is 5.69 Å². The van der Waals surface area contributed by atoms with Crippen LogP contribution in [0.5, 0.6) is 0 Å². The molecule has 21 heavy (non-hydrogen) atoms. The Labute approximate surface area is 128 Å². The summed E-state index contributed by atoms with van der Waals surface area (Å²) in [6, 6.07) is 17.7. The Morgan fingerprint density at radius 2 is 1.86 bits per heavy atom. The largest absolute Gasteiger partial charge is 0.325 e. The fourth-order valence-corrected chi connectivity index (χ4v) is 2.46. The summed E-state index contributed by atoms with van der Waals surface area (Å²) in [7, 11) is 0. The smallest absolute Gasteiger partial charge is 0.100 e. The normalized spacial score (nSPS) is 10.8. The summed E-state index contributed by atoms with van der Waals surface area (Å²) in [6.07, 6.45) is 0.729. The van der Waals surface area contributed by atoms with E-state index in [4.69, 9.17) is 17.3 Å². The highest BCUT2D eigenvalue weighted by atomic mass is 35.5. The van der Waals surface area contributed by atoms with Crippen molar-refractivity contribution in [1.82, 2.24) is 15.0 Å². The van der Waals surface area contributed by atoms with E-state index in [0.717, 1.165) is 23.5 Å². The number of rotatable bonds is 4. The number of hydrogen-bond donors (Lipinski definition) is 1. The molecule has 0 atom stereocenters. The maximum absolute atomic E-state index is 6.06. The molecule has 0 saturated carbocycles. The summed E-state index contributed by atoms with van der Waals surface area (Å²) in [4.78, 5) is 0. The molecule has 1 aromatic heterocycles. The van der Waals surface area contributed by atoms with E-state index in [9.17, 15) is 0 Å². The van der Waals surface area contributed by atoms with E-state index >= 15 is 0 Å². The summed E-state index contributed by atoms with van der Waals surface area (Å²) < 4.78 is 1.81. The van der Waals surface area contributed by atoms with Crippen LogP contribution in [-0.4, -0.2) is 15.0 Å². The van der Waals surface area contributed by atoms with Gasteiger partial charge in [0.15, 0.2) is 0 Å². The first kappa shape index (κ1) is 13.8. The minimum absolute atomic E-state index is 0.364. The van der Waals surface area contributed by atoms with Crippen LogP contribution in [0.25, 0.3) is 5.69 Å². The zero-order valence-corrected chi connectivity index (χ0v) is 12.2. The van der Waals surface area contributed by atoms with E-state index in [1.807, 2.05) is 42.5 Å². The van der Waals surface area contributed by atoms with Crippen molar-refractivity contribution in [1.29, 1.82) is 0 Å². The Bertz CT molecular complexity index is 737. The van der Waals surface area contributed by atoms with Gasteiger partial charge in [-0.3, -0.25) is 0 Å². The third-order valence-electron chi connectivity index (χ3n) is 3.30. The van der Waals surface area contributed by atoms with Crippen molar-refractivity contribution in [2.75, 3.05) is 0 Å². The summed E-state index contributed by atoms with van der Waals surface area (Å²) in [5, 5.41) is 9.07. The minimum atomic E-state index is 0.364. The Balaban J connectivity index is 2.04. The quantitative estimate of drug-likeness (QED) is 0.805. The van der Waals surface area contributed by atoms with Crippen LogP contribution in [0.4, 0.5) is 0 Å². The molecular weight excluding hydrogens is 284 g/mol. The van der Waals surface area contributed by atoms with Crippen LogP contribution < -0.4 is 5.73 Å². The summed E-state index contributed by atoms with van der Waals surface area (Å²) in [5.41, 5.74) is 9.66. The van der Waals surface area contributed by atoms with Crippen LogP contribution >= 0.6 is 11.6 Å². The van der Waals surface area contributed by atoms with Crippen molar-refractivity contribution < 1.29 is 0 Å². The highest BCUT2D eigenvalue weighted by molar-refractivity contribution is 6.30. The first-order valence-corrected chi connectivity index (χ1v) is 7.09. The molecule has 0 aliphatic rings. The lowest BCUT2D eigenvalue weighted by Gasteiger charge is -2.08. The maximum Gasteiger partial charge on any atom is 0.100 e. The van der Waals surface area contributed by atoms with Gasteiger partial charge in [0.2, 0.25) is 0 Å². The zero-order chi connectivity index (χ0) is 14.7. The number of nitrogens with two attached hydrogens (primary N) is 1. The van der Waals surface area contributed by atoms with Gasteiger partial charge in [0.05, 0.1) is 11.4 Å². The van der Waals surface area contributed by atoms with Crippen LogP contribution in [0.15, 0.2) is 54.6 Å². The minimum Gasteiger partial charge on any atom is -0.325 e. The van der Waals surface area contributed by atoms with Crippen molar-refractivity contribution in [3.63, 3.8) is 0 Å². The second-order valence-corrected chi connectivity index (χ2v) is 5.18. The van der Waals surface area contributed by atoms with Crippen molar-refractivity contribution in [3.05, 3.63) is 76.6 Å². The van der Waals surface area contributed by atoms with Crippen molar-refractivity contribution in [3.8, 4) is 5.69 Å². The van der Waals surface area contributed by atoms with Crippen LogP contribution in [0.3, 0.4) is 0 Å². The summed E-state index contributed by atoms with van der Waals surface area (Å²) >= 11 is 6.06. The SMILES string of the molecule is NCc1nnn(-c2cccc(Cl)c2)c1Cc1ccccc1. The van der Waals surface area contributed by atoms with E-state index in [1.54, 1.807) is 4.68 Å². The molecule has 0 aliphatic carbocycles. The maximum atomic E-state index is 6.06. The highest BCUT2D eigenvalue weighted by Crippen LogP contribution is 2.19. The molecule has 2 N–H and O–H groups in total. The van der Waals surface area contributed by atoms with E-state index in [2.05, 4.69) is 22.4 Å². The van der Waals surface area contributed by atoms with Crippen LogP contribution in [0.2, 0.25) is 5.02 Å². The average molecular weight is 299 g/mol. The number of benzene rings is 2. The van der Waals surface area contributed by atoms with Gasteiger partial charge in [-0.15, -0.1) is 5.10 Å². The molecule has 3 rings (SSSR count). The summed E-state index contributed by atoms with van der Waals surface area (Å²) in [6.45, 7) is 0.364. The number of aromatic nitrogens is 3. The lowest BCUT2D eigenvalue weighted by molar-refractivity contribution is 0.772. The Morgan fingerprint density at radius 1 is 1.05 bits per heavy atom. The van der Waals surface area contributed by atoms with Gasteiger partial charge >= 0.3 is 0 Å². The molecule has 4 nitrogen and oxygen atoms in total. The fourth-order valence-electron chi connectivity index (χ4n) is 2.27. The first-order valence-electron chi connectivity index (χ1n) is 6.71. The Kier molecular flexibility index (Phi) is 3.99. The molecule has 0 radical (unpaired) electrons.